The molecule has 54 heavy (non-hydrogen) atoms. The molecule has 0 aliphatic carbocycles. The number of fused-ring (bicyclic) bond motifs is 12. The van der Waals surface area contributed by atoms with Gasteiger partial charge in [0.25, 0.3) is 0 Å². The first-order valence-electron chi connectivity index (χ1n) is 18.5. The Kier molecular flexibility index (Phi) is 6.09. The molecule has 0 aliphatic heterocycles. The van der Waals surface area contributed by atoms with E-state index in [4.69, 9.17) is 8.83 Å². The van der Waals surface area contributed by atoms with Crippen molar-refractivity contribution in [3.05, 3.63) is 182 Å². The summed E-state index contributed by atoms with van der Waals surface area (Å²) in [6.45, 7) is 0. The van der Waals surface area contributed by atoms with Crippen LogP contribution in [0.2, 0.25) is 0 Å². The van der Waals surface area contributed by atoms with E-state index in [9.17, 15) is 0 Å². The minimum atomic E-state index is 0.877. The van der Waals surface area contributed by atoms with Gasteiger partial charge in [0.05, 0.1) is 0 Å². The number of para-hydroxylation sites is 2. The molecule has 0 spiro atoms. The summed E-state index contributed by atoms with van der Waals surface area (Å²) in [5, 5.41) is 14.1. The summed E-state index contributed by atoms with van der Waals surface area (Å²) in [6, 6.07) is 65.5. The molecule has 0 saturated heterocycles. The first kappa shape index (κ1) is 29.4. The molecule has 0 N–H and O–H groups in total. The molecule has 250 valence electrons. The highest BCUT2D eigenvalue weighted by Crippen LogP contribution is 2.50. The standard InChI is InChI=1S/C52H30O2/c1-2-14-35-31(12-1)13-11-21-36(35)32-24-26-33(27-25-32)47-37-15-3-5-17-39(37)49(40-18-6-4-16-38(40)47)43-30-34-28-29-46-50(41-19-7-9-22-44(41)53-46)48(34)51-42-20-8-10-23-45(42)54-52(43)51/h1-30H. The molecule has 0 aliphatic rings. The van der Waals surface area contributed by atoms with Crippen LogP contribution in [0.5, 0.6) is 0 Å². The summed E-state index contributed by atoms with van der Waals surface area (Å²) in [6.07, 6.45) is 0. The van der Waals surface area contributed by atoms with Gasteiger partial charge in [0, 0.05) is 38.1 Å². The Bertz CT molecular complexity index is 3430. The van der Waals surface area contributed by atoms with Crippen LogP contribution in [-0.2, 0) is 0 Å². The van der Waals surface area contributed by atoms with Gasteiger partial charge >= 0.3 is 0 Å². The summed E-state index contributed by atoms with van der Waals surface area (Å²) in [4.78, 5) is 0. The van der Waals surface area contributed by atoms with Crippen LogP contribution in [0.15, 0.2) is 191 Å². The number of benzene rings is 10. The van der Waals surface area contributed by atoms with Crippen LogP contribution in [0.1, 0.15) is 0 Å². The molecule has 0 amide bonds. The zero-order chi connectivity index (χ0) is 35.3. The van der Waals surface area contributed by atoms with Crippen molar-refractivity contribution in [2.24, 2.45) is 0 Å². The molecular formula is C52H30O2. The number of furan rings is 2. The molecule has 2 heteroatoms. The molecular weight excluding hydrogens is 657 g/mol. The minimum Gasteiger partial charge on any atom is -0.456 e. The van der Waals surface area contributed by atoms with Crippen LogP contribution >= 0.6 is 0 Å². The van der Waals surface area contributed by atoms with Crippen LogP contribution in [0.25, 0.3) is 120 Å². The van der Waals surface area contributed by atoms with Crippen molar-refractivity contribution < 1.29 is 8.83 Å². The third kappa shape index (κ3) is 4.11. The lowest BCUT2D eigenvalue weighted by Crippen LogP contribution is -1.92. The van der Waals surface area contributed by atoms with Crippen LogP contribution in [0.4, 0.5) is 0 Å². The maximum absolute atomic E-state index is 6.95. The van der Waals surface area contributed by atoms with Crippen LogP contribution < -0.4 is 0 Å². The van der Waals surface area contributed by atoms with Crippen LogP contribution in [0.3, 0.4) is 0 Å². The number of rotatable bonds is 3. The molecule has 0 bridgehead atoms. The molecule has 0 atom stereocenters. The molecule has 2 heterocycles. The van der Waals surface area contributed by atoms with E-state index >= 15 is 0 Å². The van der Waals surface area contributed by atoms with Gasteiger partial charge in [-0.15, -0.1) is 0 Å². The second-order valence-electron chi connectivity index (χ2n) is 14.3. The van der Waals surface area contributed by atoms with Crippen molar-refractivity contribution in [2.75, 3.05) is 0 Å². The van der Waals surface area contributed by atoms with Crippen molar-refractivity contribution in [3.8, 4) is 33.4 Å². The minimum absolute atomic E-state index is 0.877. The van der Waals surface area contributed by atoms with Crippen LogP contribution in [0, 0.1) is 0 Å². The Morgan fingerprint density at radius 1 is 0.278 bits per heavy atom. The number of hydrogen-bond acceptors (Lipinski definition) is 2. The topological polar surface area (TPSA) is 26.3 Å². The fourth-order valence-electron chi connectivity index (χ4n) is 9.14. The molecule has 0 fully saturated rings. The Morgan fingerprint density at radius 3 is 1.52 bits per heavy atom. The fraction of sp³-hybridized carbons (Fsp3) is 0. The summed E-state index contributed by atoms with van der Waals surface area (Å²) in [5.74, 6) is 0. The van der Waals surface area contributed by atoms with Gasteiger partial charge in [0.15, 0.2) is 0 Å². The largest absolute Gasteiger partial charge is 0.456 e. The summed E-state index contributed by atoms with van der Waals surface area (Å²) in [7, 11) is 0. The zero-order valence-electron chi connectivity index (χ0n) is 29.1. The fourth-order valence-corrected chi connectivity index (χ4v) is 9.14. The van der Waals surface area contributed by atoms with Crippen molar-refractivity contribution in [2.45, 2.75) is 0 Å². The van der Waals surface area contributed by atoms with Gasteiger partial charge in [-0.25, -0.2) is 0 Å². The van der Waals surface area contributed by atoms with Gasteiger partial charge in [-0.05, 0) is 84.2 Å². The Labute approximate surface area is 310 Å². The monoisotopic (exact) mass is 686 g/mol. The molecule has 12 aromatic rings. The van der Waals surface area contributed by atoms with E-state index in [1.807, 2.05) is 6.07 Å². The van der Waals surface area contributed by atoms with Gasteiger partial charge in [-0.1, -0.05) is 158 Å². The first-order chi connectivity index (χ1) is 26.8. The average molecular weight is 687 g/mol. The maximum atomic E-state index is 6.95. The quantitative estimate of drug-likeness (QED) is 0.173. The molecule has 2 aromatic heterocycles. The third-order valence-electron chi connectivity index (χ3n) is 11.4. The van der Waals surface area contributed by atoms with E-state index < -0.39 is 0 Å². The Hall–Kier alpha value is -7.16. The maximum Gasteiger partial charge on any atom is 0.143 e. The summed E-state index contributed by atoms with van der Waals surface area (Å²) < 4.78 is 13.4. The van der Waals surface area contributed by atoms with Crippen LogP contribution in [-0.4, -0.2) is 0 Å². The van der Waals surface area contributed by atoms with Crippen molar-refractivity contribution in [3.63, 3.8) is 0 Å². The van der Waals surface area contributed by atoms with Gasteiger partial charge in [0.1, 0.15) is 22.3 Å². The van der Waals surface area contributed by atoms with Gasteiger partial charge in [-0.3, -0.25) is 0 Å². The van der Waals surface area contributed by atoms with Crippen molar-refractivity contribution in [1.29, 1.82) is 0 Å². The highest BCUT2D eigenvalue weighted by atomic mass is 16.3. The lowest BCUT2D eigenvalue weighted by Gasteiger charge is -2.19. The van der Waals surface area contributed by atoms with Crippen molar-refractivity contribution >= 4 is 87.0 Å². The Balaban J connectivity index is 1.16. The van der Waals surface area contributed by atoms with Gasteiger partial charge in [0.2, 0.25) is 0 Å². The van der Waals surface area contributed by atoms with E-state index in [-0.39, 0.29) is 0 Å². The third-order valence-corrected chi connectivity index (χ3v) is 11.4. The molecule has 10 aromatic carbocycles. The molecule has 2 nitrogen and oxygen atoms in total. The van der Waals surface area contributed by atoms with E-state index in [1.54, 1.807) is 0 Å². The molecule has 0 radical (unpaired) electrons. The first-order valence-corrected chi connectivity index (χ1v) is 18.5. The highest BCUT2D eigenvalue weighted by Gasteiger charge is 2.24. The second-order valence-corrected chi connectivity index (χ2v) is 14.3. The summed E-state index contributed by atoms with van der Waals surface area (Å²) in [5.41, 5.74) is 10.7. The predicted molar refractivity (Wildman–Crippen MR) is 227 cm³/mol. The van der Waals surface area contributed by atoms with E-state index in [2.05, 4.69) is 176 Å². The van der Waals surface area contributed by atoms with Gasteiger partial charge in [-0.2, -0.15) is 0 Å². The zero-order valence-corrected chi connectivity index (χ0v) is 29.1. The molecule has 0 unspecified atom stereocenters. The van der Waals surface area contributed by atoms with E-state index in [0.29, 0.717) is 0 Å². The van der Waals surface area contributed by atoms with E-state index in [1.165, 1.54) is 60.1 Å². The normalized spacial score (nSPS) is 12.1. The van der Waals surface area contributed by atoms with Gasteiger partial charge < -0.3 is 8.83 Å². The van der Waals surface area contributed by atoms with E-state index in [0.717, 1.165) is 60.2 Å². The average Bonchev–Trinajstić information content (AvgIpc) is 3.82. The number of hydrogen-bond donors (Lipinski definition) is 0. The Morgan fingerprint density at radius 2 is 0.815 bits per heavy atom. The molecule has 0 saturated carbocycles. The lowest BCUT2D eigenvalue weighted by molar-refractivity contribution is 0.669. The molecule has 12 rings (SSSR count). The smallest absolute Gasteiger partial charge is 0.143 e. The highest BCUT2D eigenvalue weighted by molar-refractivity contribution is 6.34. The lowest BCUT2D eigenvalue weighted by atomic mass is 9.84. The SMILES string of the molecule is c1ccc2c(-c3ccc(-c4c5ccccc5c(-c5cc6ccc7oc8ccccc8c7c6c6c5oc5ccccc56)c5ccccc45)cc3)cccc2c1. The predicted octanol–water partition coefficient (Wildman–Crippen LogP) is 15.1. The second kappa shape index (κ2) is 11.2. The van der Waals surface area contributed by atoms with Crippen molar-refractivity contribution in [1.82, 2.24) is 0 Å². The summed E-state index contributed by atoms with van der Waals surface area (Å²) >= 11 is 0.